The average molecular weight is 256 g/mol. The maximum absolute atomic E-state index is 13.5. The van der Waals surface area contributed by atoms with Gasteiger partial charge in [-0.05, 0) is 24.6 Å². The second-order valence-electron chi connectivity index (χ2n) is 4.11. The van der Waals surface area contributed by atoms with Gasteiger partial charge in [0, 0.05) is 15.6 Å². The zero-order valence-electron chi connectivity index (χ0n) is 8.36. The van der Waals surface area contributed by atoms with E-state index in [2.05, 4.69) is 34.8 Å². The Labute approximate surface area is 91.2 Å². The van der Waals surface area contributed by atoms with Gasteiger partial charge in [0.1, 0.15) is 11.5 Å². The van der Waals surface area contributed by atoms with E-state index in [9.17, 15) is 4.39 Å². The fourth-order valence-corrected chi connectivity index (χ4v) is 2.09. The Kier molecular flexibility index (Phi) is 2.03. The van der Waals surface area contributed by atoms with Crippen molar-refractivity contribution >= 4 is 27.3 Å². The summed E-state index contributed by atoms with van der Waals surface area (Å²) < 4.78 is 14.3. The van der Waals surface area contributed by atoms with E-state index >= 15 is 0 Å². The van der Waals surface area contributed by atoms with Crippen LogP contribution in [0.5, 0.6) is 0 Å². The van der Waals surface area contributed by atoms with Crippen LogP contribution in [0.25, 0.3) is 0 Å². The molecule has 0 radical (unpaired) electrons. The van der Waals surface area contributed by atoms with Crippen molar-refractivity contribution in [2.45, 2.75) is 26.2 Å². The van der Waals surface area contributed by atoms with Gasteiger partial charge in [0.05, 0.1) is 0 Å². The number of halogens is 2. The fraction of sp³-hybridized carbons (Fsp3) is 0.364. The first-order chi connectivity index (χ1) is 6.43. The molecule has 0 unspecified atom stereocenters. The molecule has 0 atom stereocenters. The lowest BCUT2D eigenvalue weighted by Gasteiger charge is -2.19. The summed E-state index contributed by atoms with van der Waals surface area (Å²) in [7, 11) is 0. The fourth-order valence-electron chi connectivity index (χ4n) is 1.66. The summed E-state index contributed by atoms with van der Waals surface area (Å²) in [5.74, 6) is -0.251. The average Bonchev–Trinajstić information content (AvgIpc) is 2.28. The van der Waals surface area contributed by atoms with E-state index in [1.54, 1.807) is 0 Å². The Morgan fingerprint density at radius 2 is 2.00 bits per heavy atom. The summed E-state index contributed by atoms with van der Waals surface area (Å²) in [6.45, 7) is 6.06. The quantitative estimate of drug-likeness (QED) is 0.666. The number of nitrogens with zero attached hydrogens (tertiary/aromatic N) is 1. The number of hydrogen-bond donors (Lipinski definition) is 0. The highest BCUT2D eigenvalue weighted by Crippen LogP contribution is 2.42. The summed E-state index contributed by atoms with van der Waals surface area (Å²) in [5.41, 5.74) is 2.27. The van der Waals surface area contributed by atoms with E-state index in [1.807, 2.05) is 13.0 Å². The third kappa shape index (κ3) is 1.22. The molecule has 3 heteroatoms. The van der Waals surface area contributed by atoms with Gasteiger partial charge in [-0.25, -0.2) is 4.39 Å². The number of aliphatic imine (C=N–C) groups is 1. The zero-order valence-corrected chi connectivity index (χ0v) is 9.94. The van der Waals surface area contributed by atoms with Gasteiger partial charge in [-0.15, -0.1) is 0 Å². The van der Waals surface area contributed by atoms with Crippen molar-refractivity contribution in [3.8, 4) is 0 Å². The predicted octanol–water partition coefficient (Wildman–Crippen LogP) is 3.97. The van der Waals surface area contributed by atoms with Crippen LogP contribution in [0.15, 0.2) is 21.6 Å². The van der Waals surface area contributed by atoms with Crippen LogP contribution < -0.4 is 0 Å². The van der Waals surface area contributed by atoms with Crippen molar-refractivity contribution in [3.63, 3.8) is 0 Å². The summed E-state index contributed by atoms with van der Waals surface area (Å²) in [4.78, 5) is 4.27. The van der Waals surface area contributed by atoms with Gasteiger partial charge in [0.25, 0.3) is 0 Å². The molecule has 0 saturated carbocycles. The van der Waals surface area contributed by atoms with Crippen LogP contribution in [0.4, 0.5) is 10.1 Å². The molecule has 2 rings (SSSR count). The molecule has 1 heterocycles. The Bertz CT molecular complexity index is 435. The largest absolute Gasteiger partial charge is 0.254 e. The molecule has 14 heavy (non-hydrogen) atoms. The minimum absolute atomic E-state index is 0.153. The highest BCUT2D eigenvalue weighted by atomic mass is 79.9. The Hall–Kier alpha value is -0.700. The van der Waals surface area contributed by atoms with Crippen LogP contribution in [0.2, 0.25) is 0 Å². The summed E-state index contributed by atoms with van der Waals surface area (Å²) in [5, 5.41) is 0. The topological polar surface area (TPSA) is 12.4 Å². The first-order valence-corrected chi connectivity index (χ1v) is 5.27. The molecule has 0 bridgehead atoms. The van der Waals surface area contributed by atoms with E-state index < -0.39 is 0 Å². The molecular weight excluding hydrogens is 245 g/mol. The Morgan fingerprint density at radius 1 is 1.36 bits per heavy atom. The van der Waals surface area contributed by atoms with E-state index in [0.29, 0.717) is 5.69 Å². The molecule has 1 aromatic carbocycles. The summed E-state index contributed by atoms with van der Waals surface area (Å²) in [6, 6.07) is 3.40. The lowest BCUT2D eigenvalue weighted by atomic mass is 9.82. The zero-order chi connectivity index (χ0) is 10.5. The van der Waals surface area contributed by atoms with Gasteiger partial charge in [-0.3, -0.25) is 4.99 Å². The smallest absolute Gasteiger partial charge is 0.150 e. The maximum atomic E-state index is 13.5. The van der Waals surface area contributed by atoms with E-state index in [0.717, 1.165) is 15.7 Å². The third-order valence-electron chi connectivity index (χ3n) is 2.89. The van der Waals surface area contributed by atoms with Crippen molar-refractivity contribution in [2.24, 2.45) is 4.99 Å². The van der Waals surface area contributed by atoms with Gasteiger partial charge in [-0.2, -0.15) is 0 Å². The lowest BCUT2D eigenvalue weighted by molar-refractivity contribution is 0.624. The van der Waals surface area contributed by atoms with Gasteiger partial charge in [0.15, 0.2) is 0 Å². The van der Waals surface area contributed by atoms with Crippen molar-refractivity contribution in [2.75, 3.05) is 0 Å². The number of rotatable bonds is 0. The van der Waals surface area contributed by atoms with Crippen LogP contribution in [0.3, 0.4) is 0 Å². The van der Waals surface area contributed by atoms with Crippen LogP contribution in [-0.2, 0) is 5.41 Å². The number of benzene rings is 1. The summed E-state index contributed by atoms with van der Waals surface area (Å²) >= 11 is 3.30. The standard InChI is InChI=1S/C11H11BrFN/c1-6-11(2,3)8-4-7(12)5-9(13)10(8)14-6/h4-5H,1-3H3. The predicted molar refractivity (Wildman–Crippen MR) is 59.9 cm³/mol. The molecule has 0 aliphatic carbocycles. The molecular formula is C11H11BrFN. The molecule has 0 N–H and O–H groups in total. The molecule has 0 aromatic heterocycles. The normalized spacial score (nSPS) is 17.9. The molecule has 1 aromatic rings. The van der Waals surface area contributed by atoms with Crippen LogP contribution >= 0.6 is 15.9 Å². The molecule has 0 amide bonds. The second kappa shape index (κ2) is 2.89. The van der Waals surface area contributed by atoms with Gasteiger partial charge in [0.2, 0.25) is 0 Å². The monoisotopic (exact) mass is 255 g/mol. The van der Waals surface area contributed by atoms with Crippen LogP contribution in [0.1, 0.15) is 26.3 Å². The first-order valence-electron chi connectivity index (χ1n) is 4.48. The maximum Gasteiger partial charge on any atom is 0.150 e. The Balaban J connectivity index is 2.73. The van der Waals surface area contributed by atoms with Gasteiger partial charge < -0.3 is 0 Å². The van der Waals surface area contributed by atoms with E-state index in [4.69, 9.17) is 0 Å². The van der Waals surface area contributed by atoms with Crippen molar-refractivity contribution < 1.29 is 4.39 Å². The van der Waals surface area contributed by atoms with Gasteiger partial charge in [-0.1, -0.05) is 29.8 Å². The highest BCUT2D eigenvalue weighted by Gasteiger charge is 2.34. The second-order valence-corrected chi connectivity index (χ2v) is 5.02. The SMILES string of the molecule is CC1=Nc2c(F)cc(Br)cc2C1(C)C. The first kappa shape index (κ1) is 9.84. The van der Waals surface area contributed by atoms with E-state index in [-0.39, 0.29) is 11.2 Å². The third-order valence-corrected chi connectivity index (χ3v) is 3.34. The highest BCUT2D eigenvalue weighted by molar-refractivity contribution is 9.10. The molecule has 0 spiro atoms. The van der Waals surface area contributed by atoms with Gasteiger partial charge >= 0.3 is 0 Å². The lowest BCUT2D eigenvalue weighted by Crippen LogP contribution is -2.22. The summed E-state index contributed by atoms with van der Waals surface area (Å²) in [6.07, 6.45) is 0. The van der Waals surface area contributed by atoms with E-state index in [1.165, 1.54) is 6.07 Å². The molecule has 1 aliphatic heterocycles. The number of hydrogen-bond acceptors (Lipinski definition) is 1. The molecule has 1 nitrogen and oxygen atoms in total. The van der Waals surface area contributed by atoms with Crippen LogP contribution in [0, 0.1) is 5.82 Å². The molecule has 1 aliphatic rings. The van der Waals surface area contributed by atoms with Crippen molar-refractivity contribution in [1.82, 2.24) is 0 Å². The minimum atomic E-state index is -0.251. The van der Waals surface area contributed by atoms with Crippen molar-refractivity contribution in [1.29, 1.82) is 0 Å². The Morgan fingerprint density at radius 3 is 2.64 bits per heavy atom. The van der Waals surface area contributed by atoms with Crippen LogP contribution in [-0.4, -0.2) is 5.71 Å². The molecule has 0 fully saturated rings. The molecule has 74 valence electrons. The van der Waals surface area contributed by atoms with Crippen molar-refractivity contribution in [3.05, 3.63) is 28.0 Å². The number of fused-ring (bicyclic) bond motifs is 1. The molecule has 0 saturated heterocycles. The minimum Gasteiger partial charge on any atom is -0.254 e.